The van der Waals surface area contributed by atoms with Gasteiger partial charge in [0.15, 0.2) is 0 Å². The Hall–Kier alpha value is -0.570. The van der Waals surface area contributed by atoms with Gasteiger partial charge in [-0.05, 0) is 31.1 Å². The van der Waals surface area contributed by atoms with Crippen molar-refractivity contribution in [3.63, 3.8) is 0 Å². The summed E-state index contributed by atoms with van der Waals surface area (Å²) >= 11 is 0. The van der Waals surface area contributed by atoms with Crippen LogP contribution in [0, 0.1) is 5.41 Å². The molecule has 3 nitrogen and oxygen atoms in total. The average Bonchev–Trinajstić information content (AvgIpc) is 2.35. The van der Waals surface area contributed by atoms with Crippen molar-refractivity contribution in [2.75, 3.05) is 0 Å². The van der Waals surface area contributed by atoms with Crippen molar-refractivity contribution in [2.45, 2.75) is 90.7 Å². The van der Waals surface area contributed by atoms with Crippen LogP contribution in [0.25, 0.3) is 0 Å². The fourth-order valence-electron chi connectivity index (χ4n) is 2.48. The molecule has 19 heavy (non-hydrogen) atoms. The van der Waals surface area contributed by atoms with Gasteiger partial charge in [-0.2, -0.15) is 0 Å². The van der Waals surface area contributed by atoms with Crippen molar-refractivity contribution >= 4 is 5.97 Å². The topological polar surface area (TPSA) is 52.3 Å². The summed E-state index contributed by atoms with van der Waals surface area (Å²) in [6.45, 7) is 5.94. The van der Waals surface area contributed by atoms with E-state index < -0.39 is 6.04 Å². The average molecular weight is 269 g/mol. The summed E-state index contributed by atoms with van der Waals surface area (Å²) in [7, 11) is 0. The molecule has 0 aromatic carbocycles. The van der Waals surface area contributed by atoms with E-state index in [1.165, 1.54) is 44.9 Å². The van der Waals surface area contributed by atoms with Crippen LogP contribution in [-0.2, 0) is 9.53 Å². The minimum atomic E-state index is -0.525. The Labute approximate surface area is 118 Å². The Kier molecular flexibility index (Phi) is 6.84. The van der Waals surface area contributed by atoms with E-state index in [1.807, 2.05) is 20.8 Å². The number of hydrogen-bond donors (Lipinski definition) is 1. The smallest absolute Gasteiger partial charge is 0.323 e. The largest absolute Gasteiger partial charge is 0.461 e. The van der Waals surface area contributed by atoms with Gasteiger partial charge in [-0.3, -0.25) is 4.79 Å². The molecule has 112 valence electrons. The Morgan fingerprint density at radius 1 is 1.00 bits per heavy atom. The van der Waals surface area contributed by atoms with E-state index in [4.69, 9.17) is 10.5 Å². The van der Waals surface area contributed by atoms with Gasteiger partial charge < -0.3 is 10.5 Å². The third-order valence-corrected chi connectivity index (χ3v) is 4.02. The Balaban J connectivity index is 2.45. The second-order valence-corrected chi connectivity index (χ2v) is 6.95. The molecule has 1 aliphatic rings. The number of nitrogens with two attached hydrogens (primary N) is 1. The Morgan fingerprint density at radius 2 is 1.42 bits per heavy atom. The third-order valence-electron chi connectivity index (χ3n) is 4.02. The van der Waals surface area contributed by atoms with Gasteiger partial charge in [-0.1, -0.05) is 52.9 Å². The molecule has 0 spiro atoms. The van der Waals surface area contributed by atoms with Crippen LogP contribution in [0.3, 0.4) is 0 Å². The van der Waals surface area contributed by atoms with Crippen molar-refractivity contribution in [2.24, 2.45) is 11.1 Å². The van der Waals surface area contributed by atoms with Gasteiger partial charge in [0.2, 0.25) is 0 Å². The molecule has 2 N–H and O–H groups in total. The predicted octanol–water partition coefficient (Wildman–Crippen LogP) is 3.80. The van der Waals surface area contributed by atoms with E-state index in [0.29, 0.717) is 0 Å². The fraction of sp³-hybridized carbons (Fsp3) is 0.938. The molecule has 1 atom stereocenters. The molecular weight excluding hydrogens is 238 g/mol. The summed E-state index contributed by atoms with van der Waals surface area (Å²) in [5, 5.41) is 0. The van der Waals surface area contributed by atoms with Crippen molar-refractivity contribution in [1.82, 2.24) is 0 Å². The Bertz CT molecular complexity index is 260. The maximum absolute atomic E-state index is 12.1. The van der Waals surface area contributed by atoms with E-state index in [-0.39, 0.29) is 17.5 Å². The predicted molar refractivity (Wildman–Crippen MR) is 78.9 cm³/mol. The van der Waals surface area contributed by atoms with Gasteiger partial charge in [0.1, 0.15) is 12.1 Å². The number of hydrogen-bond acceptors (Lipinski definition) is 3. The van der Waals surface area contributed by atoms with Crippen molar-refractivity contribution in [1.29, 1.82) is 0 Å². The highest BCUT2D eigenvalue weighted by Gasteiger charge is 2.30. The highest BCUT2D eigenvalue weighted by atomic mass is 16.5. The third kappa shape index (κ3) is 6.42. The van der Waals surface area contributed by atoms with Crippen molar-refractivity contribution in [3.8, 4) is 0 Å². The number of rotatable bonds is 2. The fourth-order valence-corrected chi connectivity index (χ4v) is 2.48. The van der Waals surface area contributed by atoms with Gasteiger partial charge in [0, 0.05) is 0 Å². The van der Waals surface area contributed by atoms with E-state index in [2.05, 4.69) is 0 Å². The van der Waals surface area contributed by atoms with Gasteiger partial charge in [0.05, 0.1) is 0 Å². The first-order chi connectivity index (χ1) is 8.91. The van der Waals surface area contributed by atoms with Crippen LogP contribution >= 0.6 is 0 Å². The minimum absolute atomic E-state index is 0.0824. The molecule has 1 aliphatic carbocycles. The molecule has 0 radical (unpaired) electrons. The lowest BCUT2D eigenvalue weighted by atomic mass is 9.87. The Morgan fingerprint density at radius 3 is 1.84 bits per heavy atom. The summed E-state index contributed by atoms with van der Waals surface area (Å²) in [6, 6.07) is -0.525. The number of ether oxygens (including phenoxy) is 1. The molecule has 0 bridgehead atoms. The first kappa shape index (κ1) is 16.5. The lowest BCUT2D eigenvalue weighted by molar-refractivity contribution is -0.154. The molecule has 0 aliphatic heterocycles. The van der Waals surface area contributed by atoms with Crippen molar-refractivity contribution in [3.05, 3.63) is 0 Å². The van der Waals surface area contributed by atoms with Crippen LogP contribution in [-0.4, -0.2) is 18.1 Å². The molecule has 0 heterocycles. The highest BCUT2D eigenvalue weighted by Crippen LogP contribution is 2.22. The summed E-state index contributed by atoms with van der Waals surface area (Å²) in [5.74, 6) is -0.227. The monoisotopic (exact) mass is 269 g/mol. The molecule has 3 heteroatoms. The van der Waals surface area contributed by atoms with Gasteiger partial charge in [0.25, 0.3) is 0 Å². The summed E-state index contributed by atoms with van der Waals surface area (Å²) in [4.78, 5) is 12.1. The summed E-state index contributed by atoms with van der Waals surface area (Å²) < 4.78 is 5.65. The molecule has 0 amide bonds. The van der Waals surface area contributed by atoms with Gasteiger partial charge in [-0.25, -0.2) is 0 Å². The minimum Gasteiger partial charge on any atom is -0.461 e. The van der Waals surface area contributed by atoms with Crippen LogP contribution in [0.15, 0.2) is 0 Å². The molecule has 0 aromatic rings. The summed E-state index contributed by atoms with van der Waals surface area (Å²) in [6.07, 6.45) is 11.0. The number of carbonyl (C=O) groups excluding carboxylic acids is 1. The molecule has 0 saturated heterocycles. The second kappa shape index (κ2) is 7.88. The molecule has 0 aromatic heterocycles. The lowest BCUT2D eigenvalue weighted by Gasteiger charge is -2.28. The van der Waals surface area contributed by atoms with Crippen LogP contribution in [0.2, 0.25) is 0 Å². The van der Waals surface area contributed by atoms with E-state index in [1.54, 1.807) is 0 Å². The van der Waals surface area contributed by atoms with Gasteiger partial charge >= 0.3 is 5.97 Å². The molecule has 1 fully saturated rings. The van der Waals surface area contributed by atoms with Crippen molar-refractivity contribution < 1.29 is 9.53 Å². The standard InChI is InChI=1S/C16H31NO2/c1-16(2,3)14(17)15(18)19-13-11-9-7-5-4-6-8-10-12-13/h13-14H,4-12,17H2,1-3H3/t14-/m1/s1. The number of carbonyl (C=O) groups is 1. The zero-order valence-electron chi connectivity index (χ0n) is 12.9. The normalized spacial score (nSPS) is 21.7. The molecule has 0 unspecified atom stereocenters. The highest BCUT2D eigenvalue weighted by molar-refractivity contribution is 5.76. The molecule has 1 saturated carbocycles. The lowest BCUT2D eigenvalue weighted by Crippen LogP contribution is -2.44. The van der Waals surface area contributed by atoms with Crippen LogP contribution in [0.1, 0.15) is 78.6 Å². The maximum Gasteiger partial charge on any atom is 0.323 e. The zero-order chi connectivity index (χ0) is 14.3. The van der Waals surface area contributed by atoms with Crippen LogP contribution in [0.5, 0.6) is 0 Å². The first-order valence-corrected chi connectivity index (χ1v) is 7.87. The van der Waals surface area contributed by atoms with Gasteiger partial charge in [-0.15, -0.1) is 0 Å². The number of esters is 1. The maximum atomic E-state index is 12.1. The summed E-state index contributed by atoms with van der Waals surface area (Å²) in [5.41, 5.74) is 5.73. The van der Waals surface area contributed by atoms with Crippen LogP contribution < -0.4 is 5.73 Å². The second-order valence-electron chi connectivity index (χ2n) is 6.95. The van der Waals surface area contributed by atoms with E-state index in [9.17, 15) is 4.79 Å². The van der Waals surface area contributed by atoms with E-state index in [0.717, 1.165) is 12.8 Å². The molecule has 1 rings (SSSR count). The quantitative estimate of drug-likeness (QED) is 0.776. The molecular formula is C16H31NO2. The van der Waals surface area contributed by atoms with E-state index >= 15 is 0 Å². The first-order valence-electron chi connectivity index (χ1n) is 7.87. The zero-order valence-corrected chi connectivity index (χ0v) is 12.9. The SMILES string of the molecule is CC(C)(C)[C@H](N)C(=O)OC1CCCCCCCCC1. The van der Waals surface area contributed by atoms with Crippen LogP contribution in [0.4, 0.5) is 0 Å².